The molecule has 0 aliphatic heterocycles. The number of halogens is 2. The van der Waals surface area contributed by atoms with Gasteiger partial charge in [-0.25, -0.2) is 14.4 Å². The van der Waals surface area contributed by atoms with Crippen LogP contribution in [-0.4, -0.2) is 27.0 Å². The molecule has 0 spiro atoms. The number of nitrogens with two attached hydrogens (primary N) is 1. The number of aromatic nitrogens is 3. The molecular weight excluding hydrogens is 509 g/mol. The van der Waals surface area contributed by atoms with Gasteiger partial charge in [-0.2, -0.15) is 11.8 Å². The third-order valence-electron chi connectivity index (χ3n) is 5.88. The number of thioether (sulfide) groups is 1. The fraction of sp³-hybridized carbons (Fsp3) is 0.143. The van der Waals surface area contributed by atoms with Gasteiger partial charge in [-0.15, -0.1) is 0 Å². The summed E-state index contributed by atoms with van der Waals surface area (Å²) in [6.45, 7) is 0.215. The average Bonchev–Trinajstić information content (AvgIpc) is 3.39. The fourth-order valence-electron chi connectivity index (χ4n) is 4.01. The second-order valence-corrected chi connectivity index (χ2v) is 9.85. The maximum absolute atomic E-state index is 13.4. The summed E-state index contributed by atoms with van der Waals surface area (Å²) in [6, 6.07) is 21.7. The van der Waals surface area contributed by atoms with Crippen molar-refractivity contribution in [3.63, 3.8) is 0 Å². The van der Waals surface area contributed by atoms with Crippen LogP contribution in [0.15, 0.2) is 79.1 Å². The third-order valence-corrected chi connectivity index (χ3v) is 6.87. The van der Waals surface area contributed by atoms with E-state index in [9.17, 15) is 4.39 Å². The Morgan fingerprint density at radius 1 is 1.08 bits per heavy atom. The van der Waals surface area contributed by atoms with Gasteiger partial charge in [0.1, 0.15) is 30.3 Å². The van der Waals surface area contributed by atoms with E-state index in [4.69, 9.17) is 22.1 Å². The van der Waals surface area contributed by atoms with Gasteiger partial charge in [0, 0.05) is 28.2 Å². The van der Waals surface area contributed by atoms with Crippen LogP contribution in [0.2, 0.25) is 5.02 Å². The monoisotopic (exact) mass is 533 g/mol. The van der Waals surface area contributed by atoms with E-state index in [-0.39, 0.29) is 18.5 Å². The van der Waals surface area contributed by atoms with Gasteiger partial charge in [-0.05, 0) is 72.0 Å². The van der Waals surface area contributed by atoms with Crippen molar-refractivity contribution in [1.82, 2.24) is 15.0 Å². The number of hydrogen-bond donors (Lipinski definition) is 3. The maximum Gasteiger partial charge on any atom is 0.141 e. The van der Waals surface area contributed by atoms with Crippen LogP contribution in [0.25, 0.3) is 22.2 Å². The summed E-state index contributed by atoms with van der Waals surface area (Å²) in [6.07, 6.45) is 3.57. The summed E-state index contributed by atoms with van der Waals surface area (Å²) in [5, 5.41) is 4.64. The number of rotatable bonds is 9. The highest BCUT2D eigenvalue weighted by Gasteiger charge is 2.12. The summed E-state index contributed by atoms with van der Waals surface area (Å²) in [5.41, 5.74) is 11.5. The van der Waals surface area contributed by atoms with E-state index in [2.05, 4.69) is 20.3 Å². The molecule has 0 saturated carbocycles. The first-order chi connectivity index (χ1) is 18.0. The van der Waals surface area contributed by atoms with Crippen molar-refractivity contribution in [3.05, 3.63) is 101 Å². The number of nitrogens with one attached hydrogen (secondary N) is 2. The minimum atomic E-state index is -0.303. The zero-order valence-electron chi connectivity index (χ0n) is 20.0. The molecule has 188 valence electrons. The molecule has 2 heterocycles. The Morgan fingerprint density at radius 3 is 2.78 bits per heavy atom. The normalized spacial score (nSPS) is 12.0. The lowest BCUT2D eigenvalue weighted by atomic mass is 10.1. The number of H-pyrrole nitrogens is 1. The Morgan fingerprint density at radius 2 is 1.97 bits per heavy atom. The molecule has 0 radical (unpaired) electrons. The smallest absolute Gasteiger partial charge is 0.141 e. The van der Waals surface area contributed by atoms with E-state index >= 15 is 0 Å². The Bertz CT molecular complexity index is 1540. The molecule has 5 rings (SSSR count). The van der Waals surface area contributed by atoms with Crippen LogP contribution in [-0.2, 0) is 6.61 Å². The SMILES string of the molecule is CSCC(N)c1ccc(-c2ccc3ncnc(Nc4ccc(OCc5cccc(F)c5)c(Cl)c4)c3c2)[nH]1. The zero-order valence-corrected chi connectivity index (χ0v) is 21.6. The number of benzene rings is 3. The lowest BCUT2D eigenvalue weighted by Crippen LogP contribution is -2.13. The van der Waals surface area contributed by atoms with E-state index in [1.165, 1.54) is 18.5 Å². The van der Waals surface area contributed by atoms with Gasteiger partial charge in [-0.1, -0.05) is 29.8 Å². The molecule has 0 aliphatic carbocycles. The van der Waals surface area contributed by atoms with Gasteiger partial charge in [0.15, 0.2) is 0 Å². The Kier molecular flexibility index (Phi) is 7.60. The van der Waals surface area contributed by atoms with Crippen LogP contribution in [0.1, 0.15) is 17.3 Å². The summed E-state index contributed by atoms with van der Waals surface area (Å²) >= 11 is 8.20. The van der Waals surface area contributed by atoms with Crippen LogP contribution in [0, 0.1) is 5.82 Å². The number of anilines is 2. The van der Waals surface area contributed by atoms with Crippen LogP contribution in [0.5, 0.6) is 5.75 Å². The molecule has 5 aromatic rings. The van der Waals surface area contributed by atoms with Gasteiger partial charge in [-0.3, -0.25) is 0 Å². The molecule has 1 atom stereocenters. The molecular formula is C28H25ClFN5OS. The average molecular weight is 534 g/mol. The molecule has 37 heavy (non-hydrogen) atoms. The van der Waals surface area contributed by atoms with Crippen molar-refractivity contribution in [2.45, 2.75) is 12.6 Å². The highest BCUT2D eigenvalue weighted by Crippen LogP contribution is 2.32. The van der Waals surface area contributed by atoms with Crippen LogP contribution < -0.4 is 15.8 Å². The number of aromatic amines is 1. The molecule has 2 aromatic heterocycles. The third kappa shape index (κ3) is 5.88. The quantitative estimate of drug-likeness (QED) is 0.187. The molecule has 0 bridgehead atoms. The molecule has 6 nitrogen and oxygen atoms in total. The van der Waals surface area contributed by atoms with Crippen molar-refractivity contribution in [2.75, 3.05) is 17.3 Å². The zero-order chi connectivity index (χ0) is 25.8. The minimum Gasteiger partial charge on any atom is -0.487 e. The van der Waals surface area contributed by atoms with Crippen LogP contribution in [0.4, 0.5) is 15.9 Å². The Labute approximate surface area is 223 Å². The molecule has 0 amide bonds. The highest BCUT2D eigenvalue weighted by atomic mass is 35.5. The molecule has 0 aliphatic rings. The summed E-state index contributed by atoms with van der Waals surface area (Å²) in [4.78, 5) is 12.3. The number of nitrogens with zero attached hydrogens (tertiary/aromatic N) is 2. The summed E-state index contributed by atoms with van der Waals surface area (Å²) in [7, 11) is 0. The first-order valence-corrected chi connectivity index (χ1v) is 13.4. The molecule has 3 aromatic carbocycles. The van der Waals surface area contributed by atoms with Gasteiger partial charge in [0.2, 0.25) is 0 Å². The number of ether oxygens (including phenoxy) is 1. The minimum absolute atomic E-state index is 0.0460. The largest absolute Gasteiger partial charge is 0.487 e. The maximum atomic E-state index is 13.4. The van der Waals surface area contributed by atoms with Crippen LogP contribution in [0.3, 0.4) is 0 Å². The lowest BCUT2D eigenvalue weighted by molar-refractivity contribution is 0.306. The van der Waals surface area contributed by atoms with Gasteiger partial charge >= 0.3 is 0 Å². The van der Waals surface area contributed by atoms with Gasteiger partial charge in [0.05, 0.1) is 16.6 Å². The molecule has 0 fully saturated rings. The first-order valence-electron chi connectivity index (χ1n) is 11.6. The molecule has 4 N–H and O–H groups in total. The Balaban J connectivity index is 1.36. The first kappa shape index (κ1) is 25.1. The predicted molar refractivity (Wildman–Crippen MR) is 150 cm³/mol. The van der Waals surface area contributed by atoms with Crippen molar-refractivity contribution in [3.8, 4) is 17.0 Å². The highest BCUT2D eigenvalue weighted by molar-refractivity contribution is 7.98. The second kappa shape index (κ2) is 11.2. The number of hydrogen-bond acceptors (Lipinski definition) is 6. The van der Waals surface area contributed by atoms with E-state index in [1.807, 2.05) is 42.7 Å². The van der Waals surface area contributed by atoms with E-state index in [1.54, 1.807) is 36.0 Å². The van der Waals surface area contributed by atoms with Gasteiger partial charge in [0.25, 0.3) is 0 Å². The molecule has 1 unspecified atom stereocenters. The summed E-state index contributed by atoms with van der Waals surface area (Å²) < 4.78 is 19.2. The number of fused-ring (bicyclic) bond motifs is 1. The van der Waals surface area contributed by atoms with Crippen molar-refractivity contribution >= 4 is 45.8 Å². The van der Waals surface area contributed by atoms with Crippen molar-refractivity contribution in [1.29, 1.82) is 0 Å². The van der Waals surface area contributed by atoms with E-state index in [0.29, 0.717) is 16.6 Å². The standard InChI is InChI=1S/C28H25ClFN5OS/c1-37-15-23(31)26-9-8-24(35-26)18-5-7-25-21(12-18)28(33-16-32-25)34-20-6-10-27(22(29)13-20)36-14-17-3-2-4-19(30)11-17/h2-13,16,23,35H,14-15,31H2,1H3,(H,32,33,34). The lowest BCUT2D eigenvalue weighted by Gasteiger charge is -2.12. The summed E-state index contributed by atoms with van der Waals surface area (Å²) in [5.74, 6) is 1.70. The van der Waals surface area contributed by atoms with Crippen molar-refractivity contribution in [2.24, 2.45) is 5.73 Å². The second-order valence-electron chi connectivity index (χ2n) is 8.53. The topological polar surface area (TPSA) is 88.8 Å². The van der Waals surface area contributed by atoms with E-state index < -0.39 is 0 Å². The predicted octanol–water partition coefficient (Wildman–Crippen LogP) is 7.10. The Hall–Kier alpha value is -3.59. The van der Waals surface area contributed by atoms with Gasteiger partial charge < -0.3 is 20.8 Å². The fourth-order valence-corrected chi connectivity index (χ4v) is 4.78. The van der Waals surface area contributed by atoms with Crippen LogP contribution >= 0.6 is 23.4 Å². The van der Waals surface area contributed by atoms with Crippen molar-refractivity contribution < 1.29 is 9.13 Å². The van der Waals surface area contributed by atoms with E-state index in [0.717, 1.165) is 44.9 Å². The molecule has 9 heteroatoms. The molecule has 0 saturated heterocycles.